The Balaban J connectivity index is 1.65. The molecular weight excluding hydrogens is 160 g/mol. The van der Waals surface area contributed by atoms with E-state index in [1.54, 1.807) is 0 Å². The molecule has 1 saturated heterocycles. The van der Waals surface area contributed by atoms with E-state index in [0.29, 0.717) is 0 Å². The van der Waals surface area contributed by atoms with Crippen LogP contribution in [-0.2, 0) is 0 Å². The van der Waals surface area contributed by atoms with E-state index >= 15 is 0 Å². The van der Waals surface area contributed by atoms with Crippen LogP contribution in [0.5, 0.6) is 0 Å². The first-order valence-electron chi connectivity index (χ1n) is 5.69. The Morgan fingerprint density at radius 1 is 1.31 bits per heavy atom. The van der Waals surface area contributed by atoms with E-state index in [-0.39, 0.29) is 5.54 Å². The molecule has 1 aliphatic carbocycles. The first kappa shape index (κ1) is 9.47. The van der Waals surface area contributed by atoms with Crippen molar-refractivity contribution in [2.75, 3.05) is 19.6 Å². The average Bonchev–Trinajstić information content (AvgIpc) is 2.84. The molecule has 1 heterocycles. The first-order valence-corrected chi connectivity index (χ1v) is 5.69. The van der Waals surface area contributed by atoms with Gasteiger partial charge < -0.3 is 10.6 Å². The zero-order chi connectivity index (χ0) is 9.31. The number of nitrogens with two attached hydrogens (primary N) is 1. The van der Waals surface area contributed by atoms with Gasteiger partial charge in [-0.05, 0) is 57.7 Å². The van der Waals surface area contributed by atoms with Crippen LogP contribution in [-0.4, -0.2) is 30.1 Å². The highest BCUT2D eigenvalue weighted by atomic mass is 15.1. The Morgan fingerprint density at radius 2 is 1.92 bits per heavy atom. The fourth-order valence-corrected chi connectivity index (χ4v) is 2.08. The second-order valence-electron chi connectivity index (χ2n) is 5.14. The van der Waals surface area contributed by atoms with E-state index in [1.165, 1.54) is 51.7 Å². The highest BCUT2D eigenvalue weighted by Gasteiger charge is 2.37. The van der Waals surface area contributed by atoms with Crippen LogP contribution >= 0.6 is 0 Å². The lowest BCUT2D eigenvalue weighted by molar-refractivity contribution is 0.185. The zero-order valence-corrected chi connectivity index (χ0v) is 8.76. The fraction of sp³-hybridized carbons (Fsp3) is 1.00. The lowest BCUT2D eigenvalue weighted by atomic mass is 9.99. The molecule has 2 N–H and O–H groups in total. The minimum Gasteiger partial charge on any atom is -0.325 e. The van der Waals surface area contributed by atoms with Crippen LogP contribution in [0.25, 0.3) is 0 Å². The number of rotatable bonds is 3. The van der Waals surface area contributed by atoms with Gasteiger partial charge in [-0.1, -0.05) is 6.92 Å². The maximum Gasteiger partial charge on any atom is 0.0167 e. The molecule has 2 heteroatoms. The van der Waals surface area contributed by atoms with Crippen LogP contribution in [0.1, 0.15) is 39.0 Å². The lowest BCUT2D eigenvalue weighted by Gasteiger charge is -2.30. The van der Waals surface area contributed by atoms with Gasteiger partial charge in [0, 0.05) is 5.54 Å². The van der Waals surface area contributed by atoms with Crippen LogP contribution in [0.15, 0.2) is 0 Å². The summed E-state index contributed by atoms with van der Waals surface area (Å²) in [5, 5.41) is 0. The van der Waals surface area contributed by atoms with Crippen LogP contribution in [0.2, 0.25) is 0 Å². The molecule has 76 valence electrons. The van der Waals surface area contributed by atoms with E-state index < -0.39 is 0 Å². The molecule has 2 fully saturated rings. The third-order valence-corrected chi connectivity index (χ3v) is 3.69. The highest BCUT2D eigenvalue weighted by molar-refractivity contribution is 4.98. The summed E-state index contributed by atoms with van der Waals surface area (Å²) >= 11 is 0. The molecule has 0 atom stereocenters. The molecule has 13 heavy (non-hydrogen) atoms. The van der Waals surface area contributed by atoms with E-state index in [1.807, 2.05) is 0 Å². The minimum atomic E-state index is 0.253. The molecule has 2 nitrogen and oxygen atoms in total. The molecule has 0 radical (unpaired) electrons. The fourth-order valence-electron chi connectivity index (χ4n) is 2.08. The molecule has 0 amide bonds. The summed E-state index contributed by atoms with van der Waals surface area (Å²) in [4.78, 5) is 2.59. The van der Waals surface area contributed by atoms with Gasteiger partial charge in [-0.15, -0.1) is 0 Å². The Labute approximate surface area is 81.5 Å². The summed E-state index contributed by atoms with van der Waals surface area (Å²) in [5.74, 6) is 0.948. The van der Waals surface area contributed by atoms with Gasteiger partial charge in [0.05, 0.1) is 0 Å². The SMILES string of the molecule is CC1CCN(CCC2(N)CC2)CC1. The summed E-state index contributed by atoms with van der Waals surface area (Å²) in [6.45, 7) is 6.21. The van der Waals surface area contributed by atoms with Gasteiger partial charge in [-0.3, -0.25) is 0 Å². The van der Waals surface area contributed by atoms with E-state index in [2.05, 4.69) is 11.8 Å². The molecule has 0 unspecified atom stereocenters. The quantitative estimate of drug-likeness (QED) is 0.718. The molecular formula is C11H22N2. The Bertz CT molecular complexity index is 167. The number of nitrogens with zero attached hydrogens (tertiary/aromatic N) is 1. The maximum atomic E-state index is 6.06. The second-order valence-corrected chi connectivity index (χ2v) is 5.14. The molecule has 0 aromatic rings. The predicted molar refractivity (Wildman–Crippen MR) is 55.6 cm³/mol. The van der Waals surface area contributed by atoms with Crippen molar-refractivity contribution >= 4 is 0 Å². The smallest absolute Gasteiger partial charge is 0.0167 e. The van der Waals surface area contributed by atoms with Crippen molar-refractivity contribution < 1.29 is 0 Å². The molecule has 1 saturated carbocycles. The van der Waals surface area contributed by atoms with Crippen molar-refractivity contribution in [3.63, 3.8) is 0 Å². The topological polar surface area (TPSA) is 29.3 Å². The van der Waals surface area contributed by atoms with Gasteiger partial charge in [-0.2, -0.15) is 0 Å². The van der Waals surface area contributed by atoms with Crippen molar-refractivity contribution in [3.8, 4) is 0 Å². The first-order chi connectivity index (χ1) is 6.18. The maximum absolute atomic E-state index is 6.06. The standard InChI is InChI=1S/C11H22N2/c1-10-2-7-13(8-3-10)9-6-11(12)4-5-11/h10H,2-9,12H2,1H3. The van der Waals surface area contributed by atoms with Crippen molar-refractivity contribution in [1.82, 2.24) is 4.90 Å². The van der Waals surface area contributed by atoms with Gasteiger partial charge >= 0.3 is 0 Å². The minimum absolute atomic E-state index is 0.253. The normalized spacial score (nSPS) is 29.1. The molecule has 2 rings (SSSR count). The summed E-state index contributed by atoms with van der Waals surface area (Å²) in [6.07, 6.45) is 6.52. The molecule has 0 bridgehead atoms. The third-order valence-electron chi connectivity index (χ3n) is 3.69. The number of likely N-dealkylation sites (tertiary alicyclic amines) is 1. The number of hydrogen-bond donors (Lipinski definition) is 1. The molecule has 0 aromatic carbocycles. The summed E-state index contributed by atoms with van der Waals surface area (Å²) < 4.78 is 0. The van der Waals surface area contributed by atoms with Gasteiger partial charge in [0.1, 0.15) is 0 Å². The van der Waals surface area contributed by atoms with Crippen LogP contribution in [0, 0.1) is 5.92 Å². The van der Waals surface area contributed by atoms with Gasteiger partial charge in [0.15, 0.2) is 0 Å². The Kier molecular flexibility index (Phi) is 2.61. The third kappa shape index (κ3) is 2.68. The molecule has 0 aromatic heterocycles. The summed E-state index contributed by atoms with van der Waals surface area (Å²) in [7, 11) is 0. The number of piperidine rings is 1. The zero-order valence-electron chi connectivity index (χ0n) is 8.76. The van der Waals surface area contributed by atoms with Crippen LogP contribution in [0.4, 0.5) is 0 Å². The van der Waals surface area contributed by atoms with E-state index in [4.69, 9.17) is 5.73 Å². The Morgan fingerprint density at radius 3 is 2.46 bits per heavy atom. The summed E-state index contributed by atoms with van der Waals surface area (Å²) in [6, 6.07) is 0. The molecule has 1 aliphatic heterocycles. The largest absolute Gasteiger partial charge is 0.325 e. The lowest BCUT2D eigenvalue weighted by Crippen LogP contribution is -2.36. The van der Waals surface area contributed by atoms with Crippen LogP contribution < -0.4 is 5.73 Å². The highest BCUT2D eigenvalue weighted by Crippen LogP contribution is 2.35. The molecule has 2 aliphatic rings. The predicted octanol–water partition coefficient (Wildman–Crippen LogP) is 1.60. The van der Waals surface area contributed by atoms with Crippen molar-refractivity contribution in [3.05, 3.63) is 0 Å². The van der Waals surface area contributed by atoms with Gasteiger partial charge in [-0.25, -0.2) is 0 Å². The van der Waals surface area contributed by atoms with Gasteiger partial charge in [0.2, 0.25) is 0 Å². The van der Waals surface area contributed by atoms with Crippen molar-refractivity contribution in [1.29, 1.82) is 0 Å². The monoisotopic (exact) mass is 182 g/mol. The van der Waals surface area contributed by atoms with Crippen molar-refractivity contribution in [2.24, 2.45) is 11.7 Å². The average molecular weight is 182 g/mol. The van der Waals surface area contributed by atoms with Crippen molar-refractivity contribution in [2.45, 2.75) is 44.6 Å². The summed E-state index contributed by atoms with van der Waals surface area (Å²) in [5.41, 5.74) is 6.32. The second kappa shape index (κ2) is 3.58. The van der Waals surface area contributed by atoms with Crippen LogP contribution in [0.3, 0.4) is 0 Å². The van der Waals surface area contributed by atoms with E-state index in [9.17, 15) is 0 Å². The molecule has 0 spiro atoms. The van der Waals surface area contributed by atoms with Gasteiger partial charge in [0.25, 0.3) is 0 Å². The van der Waals surface area contributed by atoms with E-state index in [0.717, 1.165) is 5.92 Å². The Hall–Kier alpha value is -0.0800. The number of hydrogen-bond acceptors (Lipinski definition) is 2.